The molecule has 0 aromatic carbocycles. The molecule has 0 aliphatic rings. The molecule has 0 spiro atoms. The monoisotopic (exact) mass is 742 g/mol. The van der Waals surface area contributed by atoms with Crippen LogP contribution in [0.2, 0.25) is 0 Å². The van der Waals surface area contributed by atoms with Crippen molar-refractivity contribution in [2.24, 2.45) is 0 Å². The van der Waals surface area contributed by atoms with Gasteiger partial charge in [0.1, 0.15) is 12.2 Å². The second-order valence-electron chi connectivity index (χ2n) is 14.8. The van der Waals surface area contributed by atoms with E-state index >= 15 is 0 Å². The van der Waals surface area contributed by atoms with Gasteiger partial charge in [0.15, 0.2) is 0 Å². The van der Waals surface area contributed by atoms with E-state index in [-0.39, 0.29) is 37.4 Å². The maximum absolute atomic E-state index is 13.1. The van der Waals surface area contributed by atoms with Gasteiger partial charge < -0.3 is 29.3 Å². The van der Waals surface area contributed by atoms with E-state index < -0.39 is 18.1 Å². The molecule has 0 fully saturated rings. The van der Waals surface area contributed by atoms with Crippen LogP contribution in [0.4, 0.5) is 4.79 Å². The van der Waals surface area contributed by atoms with Crippen LogP contribution in [0.5, 0.6) is 0 Å². The second-order valence-corrected chi connectivity index (χ2v) is 14.8. The van der Waals surface area contributed by atoms with Gasteiger partial charge in [0, 0.05) is 25.8 Å². The molecule has 0 aliphatic heterocycles. The van der Waals surface area contributed by atoms with E-state index in [1.807, 2.05) is 7.05 Å². The summed E-state index contributed by atoms with van der Waals surface area (Å²) in [6, 6.07) is 0. The number of carbonyl (C=O) groups excluding carboxylic acids is 2. The molecule has 10 nitrogen and oxygen atoms in total. The lowest BCUT2D eigenvalue weighted by molar-refractivity contribution is -0.150. The van der Waals surface area contributed by atoms with Gasteiger partial charge in [-0.2, -0.15) is 0 Å². The van der Waals surface area contributed by atoms with Gasteiger partial charge in [0.05, 0.1) is 6.61 Å². The molecule has 1 unspecified atom stereocenters. The molecule has 0 rings (SSSR count). The minimum absolute atomic E-state index is 0.154. The highest BCUT2D eigenvalue weighted by molar-refractivity contribution is 5.69. The minimum atomic E-state index is -0.743. The van der Waals surface area contributed by atoms with Crippen molar-refractivity contribution in [3.8, 4) is 0 Å². The Morgan fingerprint density at radius 3 is 1.33 bits per heavy atom. The van der Waals surface area contributed by atoms with E-state index in [2.05, 4.69) is 18.7 Å². The molecule has 0 heterocycles. The summed E-state index contributed by atoms with van der Waals surface area (Å²) in [5.74, 6) is -1.74. The number of ether oxygens (including phenoxy) is 3. The van der Waals surface area contributed by atoms with Crippen LogP contribution in [0, 0.1) is 0 Å². The molecule has 0 amide bonds. The summed E-state index contributed by atoms with van der Waals surface area (Å²) < 4.78 is 17.1. The SMILES string of the molecule is CCCCCCCCCCCCC(CCC(=O)OC(CCCCCCCCC(=O)O)CCCCCCCCC(=O)O)OC(=O)OCCCN(C)CC. The van der Waals surface area contributed by atoms with Gasteiger partial charge in [0.25, 0.3) is 0 Å². The Labute approximate surface area is 317 Å². The lowest BCUT2D eigenvalue weighted by Gasteiger charge is -2.20. The first-order chi connectivity index (χ1) is 25.2. The zero-order chi connectivity index (χ0) is 38.5. The first-order valence-electron chi connectivity index (χ1n) is 21.3. The summed E-state index contributed by atoms with van der Waals surface area (Å²) in [5.41, 5.74) is 0. The zero-order valence-corrected chi connectivity index (χ0v) is 33.7. The van der Waals surface area contributed by atoms with Gasteiger partial charge in [-0.3, -0.25) is 14.4 Å². The predicted molar refractivity (Wildman–Crippen MR) is 209 cm³/mol. The minimum Gasteiger partial charge on any atom is -0.481 e. The molecule has 2 N–H and O–H groups in total. The van der Waals surface area contributed by atoms with E-state index in [9.17, 15) is 19.2 Å². The van der Waals surface area contributed by atoms with Gasteiger partial charge in [-0.1, -0.05) is 123 Å². The van der Waals surface area contributed by atoms with E-state index in [0.717, 1.165) is 109 Å². The summed E-state index contributed by atoms with van der Waals surface area (Å²) in [6.45, 7) is 6.42. The first kappa shape index (κ1) is 49.6. The van der Waals surface area contributed by atoms with Crippen molar-refractivity contribution in [2.75, 3.05) is 26.7 Å². The molecule has 0 aromatic heterocycles. The van der Waals surface area contributed by atoms with Crippen molar-refractivity contribution in [1.82, 2.24) is 4.90 Å². The maximum Gasteiger partial charge on any atom is 0.508 e. The van der Waals surface area contributed by atoms with Crippen LogP contribution in [-0.4, -0.2) is 78.1 Å². The average molecular weight is 742 g/mol. The third-order valence-electron chi connectivity index (χ3n) is 9.89. The number of carbonyl (C=O) groups is 4. The Morgan fingerprint density at radius 2 is 0.904 bits per heavy atom. The lowest BCUT2D eigenvalue weighted by atomic mass is 10.0. The van der Waals surface area contributed by atoms with Crippen molar-refractivity contribution in [3.05, 3.63) is 0 Å². The molecule has 1 atom stereocenters. The molecule has 0 radical (unpaired) electrons. The Morgan fingerprint density at radius 1 is 0.500 bits per heavy atom. The van der Waals surface area contributed by atoms with Crippen molar-refractivity contribution in [1.29, 1.82) is 0 Å². The van der Waals surface area contributed by atoms with E-state index in [1.165, 1.54) is 51.4 Å². The lowest BCUT2D eigenvalue weighted by Crippen LogP contribution is -2.24. The summed E-state index contributed by atoms with van der Waals surface area (Å²) in [4.78, 5) is 49.3. The summed E-state index contributed by atoms with van der Waals surface area (Å²) in [7, 11) is 2.03. The molecule has 0 aliphatic carbocycles. The number of nitrogens with zero attached hydrogens (tertiary/aromatic N) is 1. The number of carboxylic acid groups (broad SMARTS) is 2. The van der Waals surface area contributed by atoms with Crippen molar-refractivity contribution in [3.63, 3.8) is 0 Å². The fraction of sp³-hybridized carbons (Fsp3) is 0.905. The molecule has 10 heteroatoms. The van der Waals surface area contributed by atoms with Gasteiger partial charge in [-0.25, -0.2) is 4.79 Å². The Hall–Kier alpha value is -2.36. The molecule has 0 saturated heterocycles. The number of carboxylic acids is 2. The molecule has 0 saturated carbocycles. The molecule has 52 heavy (non-hydrogen) atoms. The second kappa shape index (κ2) is 37.0. The van der Waals surface area contributed by atoms with E-state index in [1.54, 1.807) is 0 Å². The smallest absolute Gasteiger partial charge is 0.481 e. The van der Waals surface area contributed by atoms with Crippen molar-refractivity contribution in [2.45, 2.75) is 219 Å². The quantitative estimate of drug-likeness (QED) is 0.0462. The van der Waals surface area contributed by atoms with Crippen LogP contribution in [0.1, 0.15) is 206 Å². The maximum atomic E-state index is 13.1. The Kier molecular flexibility index (Phi) is 35.3. The number of hydrogen-bond acceptors (Lipinski definition) is 8. The van der Waals surface area contributed by atoms with Gasteiger partial charge in [0.2, 0.25) is 0 Å². The molecule has 0 bridgehead atoms. The predicted octanol–water partition coefficient (Wildman–Crippen LogP) is 11.3. The van der Waals surface area contributed by atoms with Gasteiger partial charge in [-0.05, 0) is 77.8 Å². The Balaban J connectivity index is 4.89. The fourth-order valence-electron chi connectivity index (χ4n) is 6.44. The number of aliphatic carboxylic acids is 2. The summed E-state index contributed by atoms with van der Waals surface area (Å²) >= 11 is 0. The molecular formula is C42H79NO9. The molecular weight excluding hydrogens is 662 g/mol. The molecule has 0 aromatic rings. The largest absolute Gasteiger partial charge is 0.508 e. The van der Waals surface area contributed by atoms with Crippen LogP contribution < -0.4 is 0 Å². The third kappa shape index (κ3) is 36.0. The van der Waals surface area contributed by atoms with Gasteiger partial charge >= 0.3 is 24.1 Å². The highest BCUT2D eigenvalue weighted by Crippen LogP contribution is 2.20. The van der Waals surface area contributed by atoms with E-state index in [0.29, 0.717) is 32.3 Å². The van der Waals surface area contributed by atoms with Crippen molar-refractivity contribution < 1.29 is 43.6 Å². The number of hydrogen-bond donors (Lipinski definition) is 2. The highest BCUT2D eigenvalue weighted by atomic mass is 16.7. The highest BCUT2D eigenvalue weighted by Gasteiger charge is 2.20. The van der Waals surface area contributed by atoms with Crippen molar-refractivity contribution >= 4 is 24.1 Å². The zero-order valence-electron chi connectivity index (χ0n) is 33.7. The van der Waals surface area contributed by atoms with Crippen LogP contribution in [0.15, 0.2) is 0 Å². The molecule has 306 valence electrons. The number of rotatable bonds is 39. The van der Waals surface area contributed by atoms with Crippen LogP contribution >= 0.6 is 0 Å². The topological polar surface area (TPSA) is 140 Å². The van der Waals surface area contributed by atoms with Crippen LogP contribution in [0.25, 0.3) is 0 Å². The van der Waals surface area contributed by atoms with E-state index in [4.69, 9.17) is 24.4 Å². The first-order valence-corrected chi connectivity index (χ1v) is 21.3. The van der Waals surface area contributed by atoms with Crippen LogP contribution in [0.3, 0.4) is 0 Å². The van der Waals surface area contributed by atoms with Crippen LogP contribution in [-0.2, 0) is 28.6 Å². The summed E-state index contributed by atoms with van der Waals surface area (Å²) in [5, 5.41) is 17.7. The number of unbranched alkanes of at least 4 members (excludes halogenated alkanes) is 19. The average Bonchev–Trinajstić information content (AvgIpc) is 3.11. The van der Waals surface area contributed by atoms with Gasteiger partial charge in [-0.15, -0.1) is 0 Å². The Bertz CT molecular complexity index is 838. The standard InChI is InChI=1S/C42H79NO9/c1-4-6-7-8-9-10-11-12-17-24-30-38(52-42(49)50-36-27-35-43(3)5-2)33-34-41(48)51-37(28-22-18-13-15-20-25-31-39(44)45)29-23-19-14-16-21-26-32-40(46)47/h37-38H,4-36H2,1-3H3,(H,44,45)(H,46,47). The summed E-state index contributed by atoms with van der Waals surface area (Å²) in [6.07, 6.45) is 26.5. The third-order valence-corrected chi connectivity index (χ3v) is 9.89. The normalized spacial score (nSPS) is 11.9. The number of esters is 1. The fourth-order valence-corrected chi connectivity index (χ4v) is 6.44.